The molecule has 1 aliphatic rings. The highest BCUT2D eigenvalue weighted by Gasteiger charge is 2.31. The normalized spacial score (nSPS) is 24.9. The minimum Gasteiger partial charge on any atom is -0.381 e. The highest BCUT2D eigenvalue weighted by atomic mass is 16.5. The summed E-state index contributed by atoms with van der Waals surface area (Å²) in [5.74, 6) is -0.881. The molecule has 0 unspecified atom stereocenters. The predicted octanol–water partition coefficient (Wildman–Crippen LogP) is 0.152. The van der Waals surface area contributed by atoms with Crippen LogP contribution in [0, 0.1) is 17.2 Å². The van der Waals surface area contributed by atoms with E-state index in [0.717, 1.165) is 0 Å². The van der Waals surface area contributed by atoms with Gasteiger partial charge < -0.3 is 10.5 Å². The number of H-pyrrole nitrogens is 1. The van der Waals surface area contributed by atoms with Gasteiger partial charge in [-0.15, -0.1) is 0 Å². The van der Waals surface area contributed by atoms with Gasteiger partial charge in [0, 0.05) is 18.7 Å². The molecule has 1 aromatic rings. The molecule has 1 fully saturated rings. The summed E-state index contributed by atoms with van der Waals surface area (Å²) in [7, 11) is 0. The van der Waals surface area contributed by atoms with Crippen LogP contribution in [0.5, 0.6) is 0 Å². The third-order valence-corrected chi connectivity index (χ3v) is 2.81. The quantitative estimate of drug-likeness (QED) is 0.740. The molecule has 6 nitrogen and oxygen atoms in total. The Balaban J connectivity index is 2.31. The Hall–Kier alpha value is -1.87. The molecule has 0 aromatic carbocycles. The van der Waals surface area contributed by atoms with Crippen molar-refractivity contribution in [1.29, 1.82) is 5.26 Å². The van der Waals surface area contributed by atoms with Gasteiger partial charge in [0.05, 0.1) is 29.9 Å². The molecule has 0 radical (unpaired) electrons. The number of nitrogens with two attached hydrogens (primary N) is 1. The van der Waals surface area contributed by atoms with E-state index in [-0.39, 0.29) is 11.8 Å². The van der Waals surface area contributed by atoms with E-state index in [9.17, 15) is 4.79 Å². The molecular weight excluding hydrogens is 208 g/mol. The van der Waals surface area contributed by atoms with E-state index in [0.29, 0.717) is 30.9 Å². The number of nitrogens with zero attached hydrogens (tertiary/aromatic N) is 2. The topological polar surface area (TPSA) is 105 Å². The minimum atomic E-state index is -0.536. The standard InChI is InChI=1S/C10H12N4O2/c11-3-6-1-2-16-5-8(6)9-7(10(12)15)4-13-14-9/h4,6,8H,1-2,5H2,(H2,12,15)(H,13,14)/t6-,8+/m0/s1. The molecule has 0 saturated carbocycles. The van der Waals surface area contributed by atoms with Crippen molar-refractivity contribution in [2.45, 2.75) is 12.3 Å². The number of rotatable bonds is 2. The maximum atomic E-state index is 11.2. The van der Waals surface area contributed by atoms with Gasteiger partial charge in [-0.2, -0.15) is 10.4 Å². The van der Waals surface area contributed by atoms with Crippen LogP contribution < -0.4 is 5.73 Å². The molecule has 1 aromatic heterocycles. The third kappa shape index (κ3) is 1.77. The number of hydrogen-bond donors (Lipinski definition) is 2. The fraction of sp³-hybridized carbons (Fsp3) is 0.500. The summed E-state index contributed by atoms with van der Waals surface area (Å²) in [6, 6.07) is 2.22. The number of amides is 1. The zero-order valence-electron chi connectivity index (χ0n) is 8.64. The smallest absolute Gasteiger partial charge is 0.252 e. The van der Waals surface area contributed by atoms with Crippen molar-refractivity contribution in [3.05, 3.63) is 17.5 Å². The summed E-state index contributed by atoms with van der Waals surface area (Å²) in [5, 5.41) is 15.6. The lowest BCUT2D eigenvalue weighted by Gasteiger charge is -2.25. The molecule has 2 atom stereocenters. The van der Waals surface area contributed by atoms with E-state index >= 15 is 0 Å². The van der Waals surface area contributed by atoms with Crippen LogP contribution in [0.2, 0.25) is 0 Å². The number of ether oxygens (including phenoxy) is 1. The maximum absolute atomic E-state index is 11.2. The summed E-state index contributed by atoms with van der Waals surface area (Å²) in [6.07, 6.45) is 2.12. The van der Waals surface area contributed by atoms with Crippen LogP contribution in [0.4, 0.5) is 0 Å². The van der Waals surface area contributed by atoms with Gasteiger partial charge in [-0.25, -0.2) is 0 Å². The highest BCUT2D eigenvalue weighted by Crippen LogP contribution is 2.31. The number of nitrogens with one attached hydrogen (secondary N) is 1. The van der Waals surface area contributed by atoms with Gasteiger partial charge in [0.25, 0.3) is 5.91 Å². The predicted molar refractivity (Wildman–Crippen MR) is 54.4 cm³/mol. The van der Waals surface area contributed by atoms with Crippen LogP contribution in [0.1, 0.15) is 28.4 Å². The van der Waals surface area contributed by atoms with Crippen LogP contribution in [0.25, 0.3) is 0 Å². The van der Waals surface area contributed by atoms with Crippen LogP contribution in [-0.2, 0) is 4.74 Å². The van der Waals surface area contributed by atoms with Crippen molar-refractivity contribution in [2.75, 3.05) is 13.2 Å². The van der Waals surface area contributed by atoms with E-state index in [1.165, 1.54) is 6.20 Å². The molecule has 1 aliphatic heterocycles. The first-order valence-electron chi connectivity index (χ1n) is 5.05. The minimum absolute atomic E-state index is 0.171. The van der Waals surface area contributed by atoms with Crippen LogP contribution in [0.15, 0.2) is 6.20 Å². The second-order valence-corrected chi connectivity index (χ2v) is 3.75. The van der Waals surface area contributed by atoms with Crippen LogP contribution >= 0.6 is 0 Å². The molecule has 0 bridgehead atoms. The van der Waals surface area contributed by atoms with Gasteiger partial charge in [-0.1, -0.05) is 0 Å². The Kier molecular flexibility index (Phi) is 2.88. The van der Waals surface area contributed by atoms with Gasteiger partial charge in [-0.05, 0) is 6.42 Å². The average Bonchev–Trinajstić information content (AvgIpc) is 2.77. The largest absolute Gasteiger partial charge is 0.381 e. The monoisotopic (exact) mass is 220 g/mol. The van der Waals surface area contributed by atoms with E-state index < -0.39 is 5.91 Å². The van der Waals surface area contributed by atoms with E-state index in [4.69, 9.17) is 15.7 Å². The Labute approximate surface area is 92.4 Å². The summed E-state index contributed by atoms with van der Waals surface area (Å²) in [5.41, 5.74) is 6.11. The van der Waals surface area contributed by atoms with Gasteiger partial charge in [0.15, 0.2) is 0 Å². The molecule has 1 amide bonds. The first-order chi connectivity index (χ1) is 7.74. The first kappa shape index (κ1) is 10.6. The van der Waals surface area contributed by atoms with Crippen molar-refractivity contribution in [3.8, 4) is 6.07 Å². The van der Waals surface area contributed by atoms with Crippen molar-refractivity contribution >= 4 is 5.91 Å². The molecule has 2 heterocycles. The summed E-state index contributed by atoms with van der Waals surface area (Å²) < 4.78 is 5.32. The second kappa shape index (κ2) is 4.33. The molecule has 84 valence electrons. The van der Waals surface area contributed by atoms with Gasteiger partial charge in [-0.3, -0.25) is 9.89 Å². The number of carbonyl (C=O) groups is 1. The van der Waals surface area contributed by atoms with Gasteiger partial charge in [0.1, 0.15) is 0 Å². The van der Waals surface area contributed by atoms with Crippen LogP contribution in [0.3, 0.4) is 0 Å². The molecule has 0 spiro atoms. The number of primary amides is 1. The SMILES string of the molecule is N#C[C@@H]1CCOC[C@H]1c1n[nH]cc1C(N)=O. The Morgan fingerprint density at radius 2 is 2.56 bits per heavy atom. The van der Waals surface area contributed by atoms with E-state index in [1.54, 1.807) is 0 Å². The summed E-state index contributed by atoms with van der Waals surface area (Å²) >= 11 is 0. The van der Waals surface area contributed by atoms with E-state index in [1.807, 2.05) is 0 Å². The Morgan fingerprint density at radius 3 is 3.25 bits per heavy atom. The average molecular weight is 220 g/mol. The van der Waals surface area contributed by atoms with E-state index in [2.05, 4.69) is 16.3 Å². The number of aromatic amines is 1. The molecule has 1 saturated heterocycles. The highest BCUT2D eigenvalue weighted by molar-refractivity contribution is 5.93. The first-order valence-corrected chi connectivity index (χ1v) is 5.05. The lowest BCUT2D eigenvalue weighted by Crippen LogP contribution is -2.27. The van der Waals surface area contributed by atoms with Crippen LogP contribution in [-0.4, -0.2) is 29.3 Å². The molecule has 0 aliphatic carbocycles. The lowest BCUT2D eigenvalue weighted by molar-refractivity contribution is 0.0602. The molecule has 6 heteroatoms. The third-order valence-electron chi connectivity index (χ3n) is 2.81. The molecule has 3 N–H and O–H groups in total. The number of carbonyl (C=O) groups excluding carboxylic acids is 1. The van der Waals surface area contributed by atoms with Crippen molar-refractivity contribution < 1.29 is 9.53 Å². The Bertz CT molecular complexity index is 434. The Morgan fingerprint density at radius 1 is 1.75 bits per heavy atom. The van der Waals surface area contributed by atoms with Crippen molar-refractivity contribution in [2.24, 2.45) is 11.7 Å². The number of hydrogen-bond acceptors (Lipinski definition) is 4. The summed E-state index contributed by atoms with van der Waals surface area (Å²) in [4.78, 5) is 11.2. The van der Waals surface area contributed by atoms with Crippen molar-refractivity contribution in [1.82, 2.24) is 10.2 Å². The fourth-order valence-corrected chi connectivity index (χ4v) is 1.94. The number of aromatic nitrogens is 2. The van der Waals surface area contributed by atoms with Gasteiger partial charge in [0.2, 0.25) is 0 Å². The second-order valence-electron chi connectivity index (χ2n) is 3.75. The zero-order chi connectivity index (χ0) is 11.5. The fourth-order valence-electron chi connectivity index (χ4n) is 1.94. The van der Waals surface area contributed by atoms with Crippen molar-refractivity contribution in [3.63, 3.8) is 0 Å². The molecule has 16 heavy (non-hydrogen) atoms. The maximum Gasteiger partial charge on any atom is 0.252 e. The zero-order valence-corrected chi connectivity index (χ0v) is 8.64. The molecule has 2 rings (SSSR count). The van der Waals surface area contributed by atoms with Gasteiger partial charge >= 0.3 is 0 Å². The summed E-state index contributed by atoms with van der Waals surface area (Å²) in [6.45, 7) is 0.981. The molecular formula is C10H12N4O2. The lowest BCUT2D eigenvalue weighted by atomic mass is 9.85. The number of nitriles is 1.